The number of hydrogen-bond acceptors (Lipinski definition) is 3. The van der Waals surface area contributed by atoms with Crippen LogP contribution in [0.3, 0.4) is 0 Å². The van der Waals surface area contributed by atoms with Gasteiger partial charge in [-0.05, 0) is 31.2 Å². The summed E-state index contributed by atoms with van der Waals surface area (Å²) >= 11 is 0. The predicted molar refractivity (Wildman–Crippen MR) is 90.5 cm³/mol. The van der Waals surface area contributed by atoms with E-state index >= 15 is 0 Å². The first-order valence-corrected chi connectivity index (χ1v) is 7.11. The lowest BCUT2D eigenvalue weighted by Gasteiger charge is -2.04. The highest BCUT2D eigenvalue weighted by Crippen LogP contribution is 2.22. The van der Waals surface area contributed by atoms with Crippen LogP contribution in [-0.4, -0.2) is 21.8 Å². The van der Waals surface area contributed by atoms with E-state index in [0.29, 0.717) is 16.6 Å². The lowest BCUT2D eigenvalue weighted by molar-refractivity contribution is 0.414. The minimum absolute atomic E-state index is 0.159. The molecule has 0 aliphatic carbocycles. The molecule has 0 amide bonds. The lowest BCUT2D eigenvalue weighted by Crippen LogP contribution is -2.14. The van der Waals surface area contributed by atoms with E-state index in [1.54, 1.807) is 18.3 Å². The fraction of sp³-hybridized carbons (Fsp3) is 0.111. The molecule has 0 unspecified atom stereocenters. The van der Waals surface area contributed by atoms with Crippen LogP contribution >= 0.6 is 0 Å². The fourth-order valence-electron chi connectivity index (χ4n) is 2.74. The minimum atomic E-state index is -2.55. The number of fused-ring (bicyclic) bond motifs is 3. The van der Waals surface area contributed by atoms with Crippen molar-refractivity contribution in [1.82, 2.24) is 14.8 Å². The van der Waals surface area contributed by atoms with Crippen LogP contribution in [0.4, 0.5) is 0 Å². The van der Waals surface area contributed by atoms with E-state index in [1.807, 2.05) is 25.1 Å². The molecular formula is C18H15N3O2. The molecule has 4 aromatic rings. The zero-order valence-corrected chi connectivity index (χ0v) is 12.3. The van der Waals surface area contributed by atoms with E-state index in [4.69, 9.17) is 8.85 Å². The number of aryl methyl sites for hydroxylation is 1. The summed E-state index contributed by atoms with van der Waals surface area (Å²) in [6.45, 7) is 1.98. The molecule has 0 spiro atoms. The molecule has 0 bridgehead atoms. The van der Waals surface area contributed by atoms with Gasteiger partial charge in [-0.3, -0.25) is 14.9 Å². The second-order valence-electron chi connectivity index (χ2n) is 5.42. The second kappa shape index (κ2) is 4.98. The van der Waals surface area contributed by atoms with Crippen LogP contribution in [0, 0.1) is 6.92 Å². The first-order valence-electron chi connectivity index (χ1n) is 8.61. The van der Waals surface area contributed by atoms with Crippen LogP contribution in [0.1, 0.15) is 9.68 Å². The number of benzene rings is 2. The Balaban J connectivity index is 1.91. The summed E-state index contributed by atoms with van der Waals surface area (Å²) in [6.07, 6.45) is 1.55. The van der Waals surface area contributed by atoms with E-state index < -0.39 is 7.04 Å². The number of H-pyrrole nitrogens is 1. The molecule has 5 nitrogen and oxygen atoms in total. The molecule has 0 saturated carbocycles. The lowest BCUT2D eigenvalue weighted by atomic mass is 10.1. The molecule has 0 fully saturated rings. The van der Waals surface area contributed by atoms with Gasteiger partial charge >= 0.3 is 0 Å². The Bertz CT molecular complexity index is 1190. The molecule has 0 radical (unpaired) electrons. The maximum Gasteiger partial charge on any atom is 0.280 e. The van der Waals surface area contributed by atoms with Crippen molar-refractivity contribution in [3.8, 4) is 11.4 Å². The zero-order valence-electron chi connectivity index (χ0n) is 15.3. The molecule has 2 aromatic heterocycles. The largest absolute Gasteiger partial charge is 0.497 e. The third-order valence-corrected chi connectivity index (χ3v) is 3.87. The third-order valence-electron chi connectivity index (χ3n) is 3.87. The molecule has 4 rings (SSSR count). The Morgan fingerprint density at radius 2 is 2.13 bits per heavy atom. The molecule has 23 heavy (non-hydrogen) atoms. The van der Waals surface area contributed by atoms with E-state index in [1.165, 1.54) is 16.8 Å². The van der Waals surface area contributed by atoms with Crippen molar-refractivity contribution >= 4 is 21.8 Å². The molecule has 0 aliphatic rings. The number of methoxy groups -OCH3 is 1. The van der Waals surface area contributed by atoms with Crippen molar-refractivity contribution in [3.05, 3.63) is 64.6 Å². The normalized spacial score (nSPS) is 13.7. The third kappa shape index (κ3) is 2.09. The van der Waals surface area contributed by atoms with E-state index in [9.17, 15) is 4.79 Å². The van der Waals surface area contributed by atoms with Crippen LogP contribution in [0.25, 0.3) is 27.5 Å². The van der Waals surface area contributed by atoms with E-state index in [0.717, 1.165) is 16.5 Å². The highest BCUT2D eigenvalue weighted by molar-refractivity contribution is 6.03. The summed E-state index contributed by atoms with van der Waals surface area (Å²) in [5, 5.41) is 4.43. The Kier molecular flexibility index (Phi) is 2.30. The Morgan fingerprint density at radius 3 is 3.00 bits per heavy atom. The van der Waals surface area contributed by atoms with Crippen molar-refractivity contribution in [1.29, 1.82) is 0 Å². The van der Waals surface area contributed by atoms with Gasteiger partial charge in [-0.1, -0.05) is 17.7 Å². The maximum absolute atomic E-state index is 12.8. The zero-order chi connectivity index (χ0) is 18.5. The van der Waals surface area contributed by atoms with Crippen molar-refractivity contribution < 1.29 is 8.85 Å². The first-order chi connectivity index (χ1) is 12.3. The summed E-state index contributed by atoms with van der Waals surface area (Å²) in [6, 6.07) is 12.2. The summed E-state index contributed by atoms with van der Waals surface area (Å²) < 4.78 is 27.9. The molecule has 114 valence electrons. The molecule has 0 atom stereocenters. The van der Waals surface area contributed by atoms with Crippen LogP contribution in [0.2, 0.25) is 0 Å². The number of pyridine rings is 1. The average molecular weight is 308 g/mol. The molecule has 5 heteroatoms. The standard InChI is InChI=1S/C18H15N3O2/c1-11-6-7-16-14(8-11)17-15(10-19-16)18(22)21(20-17)12-4-3-5-13(9-12)23-2/h3-10,20H,1-2H3/i2D3. The van der Waals surface area contributed by atoms with Crippen LogP contribution in [0.15, 0.2) is 53.5 Å². The number of aromatic amines is 1. The number of nitrogens with zero attached hydrogens (tertiary/aromatic N) is 2. The van der Waals surface area contributed by atoms with Crippen LogP contribution in [0.5, 0.6) is 5.75 Å². The van der Waals surface area contributed by atoms with Gasteiger partial charge in [-0.2, -0.15) is 0 Å². The predicted octanol–water partition coefficient (Wildman–Crippen LogP) is 3.18. The van der Waals surface area contributed by atoms with Gasteiger partial charge in [0, 0.05) is 17.6 Å². The number of nitrogens with one attached hydrogen (secondary N) is 1. The summed E-state index contributed by atoms with van der Waals surface area (Å²) in [7, 11) is -2.55. The first kappa shape index (κ1) is 10.6. The molecular weight excluding hydrogens is 290 g/mol. The highest BCUT2D eigenvalue weighted by Gasteiger charge is 2.12. The Morgan fingerprint density at radius 1 is 1.22 bits per heavy atom. The maximum atomic E-state index is 12.8. The Hall–Kier alpha value is -3.08. The average Bonchev–Trinajstić information content (AvgIpc) is 2.91. The summed E-state index contributed by atoms with van der Waals surface area (Å²) in [5.74, 6) is 0.159. The smallest absolute Gasteiger partial charge is 0.280 e. The van der Waals surface area contributed by atoms with E-state index in [2.05, 4.69) is 10.1 Å². The molecule has 1 N–H and O–H groups in total. The SMILES string of the molecule is [2H]C([2H])([2H])Oc1cccc(-n2[nH]c3c(cnc4ccc(C)cc43)c2=O)c1. The second-order valence-corrected chi connectivity index (χ2v) is 5.42. The molecule has 0 saturated heterocycles. The van der Waals surface area contributed by atoms with Crippen LogP contribution in [-0.2, 0) is 0 Å². The molecule has 2 aromatic carbocycles. The van der Waals surface area contributed by atoms with Crippen molar-refractivity contribution in [2.45, 2.75) is 6.92 Å². The Labute approximate surface area is 136 Å². The topological polar surface area (TPSA) is 59.9 Å². The van der Waals surface area contributed by atoms with Crippen molar-refractivity contribution in [3.63, 3.8) is 0 Å². The fourth-order valence-corrected chi connectivity index (χ4v) is 2.74. The molecule has 2 heterocycles. The van der Waals surface area contributed by atoms with Crippen molar-refractivity contribution in [2.24, 2.45) is 0 Å². The molecule has 0 aliphatic heterocycles. The number of hydrogen-bond donors (Lipinski definition) is 1. The number of aromatic nitrogens is 3. The minimum Gasteiger partial charge on any atom is -0.497 e. The number of ether oxygens (including phenoxy) is 1. The summed E-state index contributed by atoms with van der Waals surface area (Å²) in [5.41, 5.74) is 2.76. The monoisotopic (exact) mass is 308 g/mol. The number of rotatable bonds is 2. The van der Waals surface area contributed by atoms with Gasteiger partial charge in [0.05, 0.1) is 33.3 Å². The summed E-state index contributed by atoms with van der Waals surface area (Å²) in [4.78, 5) is 17.1. The van der Waals surface area contributed by atoms with Gasteiger partial charge in [-0.25, -0.2) is 4.68 Å². The quantitative estimate of drug-likeness (QED) is 0.618. The van der Waals surface area contributed by atoms with Crippen LogP contribution < -0.4 is 10.3 Å². The van der Waals surface area contributed by atoms with Gasteiger partial charge in [0.1, 0.15) is 5.75 Å². The highest BCUT2D eigenvalue weighted by atomic mass is 16.5. The van der Waals surface area contributed by atoms with E-state index in [-0.39, 0.29) is 11.3 Å². The van der Waals surface area contributed by atoms with Gasteiger partial charge < -0.3 is 4.74 Å². The van der Waals surface area contributed by atoms with Gasteiger partial charge in [0.2, 0.25) is 0 Å². The van der Waals surface area contributed by atoms with Gasteiger partial charge in [-0.15, -0.1) is 0 Å². The van der Waals surface area contributed by atoms with Gasteiger partial charge in [0.15, 0.2) is 0 Å². The van der Waals surface area contributed by atoms with Gasteiger partial charge in [0.25, 0.3) is 5.56 Å². The van der Waals surface area contributed by atoms with Crippen molar-refractivity contribution in [2.75, 3.05) is 7.04 Å².